The van der Waals surface area contributed by atoms with Gasteiger partial charge in [-0.3, -0.25) is 20.4 Å². The van der Waals surface area contributed by atoms with Crippen molar-refractivity contribution in [2.75, 3.05) is 7.11 Å². The maximum absolute atomic E-state index is 12.5. The lowest BCUT2D eigenvalue weighted by atomic mass is 9.95. The summed E-state index contributed by atoms with van der Waals surface area (Å²) in [5.74, 6) is -0.459. The number of carbonyl (C=O) groups excluding carboxylic acids is 2. The number of ether oxygens (including phenoxy) is 1. The van der Waals surface area contributed by atoms with Crippen molar-refractivity contribution in [2.45, 2.75) is 58.4 Å². The normalized spacial score (nSPS) is 14.5. The van der Waals surface area contributed by atoms with Crippen molar-refractivity contribution < 1.29 is 14.3 Å². The number of aryl methyl sites for hydroxylation is 1. The molecular weight excluding hydrogens is 404 g/mol. The third-order valence-corrected chi connectivity index (χ3v) is 5.99. The lowest BCUT2D eigenvalue weighted by Gasteiger charge is -2.26. The molecule has 1 aliphatic rings. The zero-order valence-corrected chi connectivity index (χ0v) is 18.9. The molecule has 32 heavy (non-hydrogen) atoms. The molecule has 1 saturated carbocycles. The Morgan fingerprint density at radius 2 is 1.91 bits per heavy atom. The first-order chi connectivity index (χ1) is 15.4. The number of rotatable bonds is 6. The van der Waals surface area contributed by atoms with Crippen molar-refractivity contribution in [3.05, 3.63) is 58.4 Å². The zero-order chi connectivity index (χ0) is 23.1. The SMILES string of the molecule is COc1ccccc1CC(=O)NNC(=O)/C(C#N)=C/c1cc(C)n(C2CCCCC2)c1C. The maximum Gasteiger partial charge on any atom is 0.280 e. The van der Waals surface area contributed by atoms with E-state index in [0.29, 0.717) is 17.4 Å². The minimum absolute atomic E-state index is 0.0401. The molecule has 1 aromatic carbocycles. The zero-order valence-electron chi connectivity index (χ0n) is 18.9. The van der Waals surface area contributed by atoms with Crippen molar-refractivity contribution in [3.63, 3.8) is 0 Å². The molecule has 0 spiro atoms. The number of para-hydroxylation sites is 1. The van der Waals surface area contributed by atoms with E-state index in [1.165, 1.54) is 26.4 Å². The topological polar surface area (TPSA) is 96.2 Å². The van der Waals surface area contributed by atoms with Gasteiger partial charge in [-0.25, -0.2) is 0 Å². The fourth-order valence-electron chi connectivity index (χ4n) is 4.41. The van der Waals surface area contributed by atoms with Gasteiger partial charge in [-0.15, -0.1) is 0 Å². The molecule has 1 aliphatic carbocycles. The van der Waals surface area contributed by atoms with E-state index in [-0.39, 0.29) is 12.0 Å². The minimum atomic E-state index is -0.650. The van der Waals surface area contributed by atoms with Crippen LogP contribution < -0.4 is 15.6 Å². The van der Waals surface area contributed by atoms with Crippen LogP contribution in [0, 0.1) is 25.2 Å². The fourth-order valence-corrected chi connectivity index (χ4v) is 4.41. The highest BCUT2D eigenvalue weighted by atomic mass is 16.5. The van der Waals surface area contributed by atoms with Gasteiger partial charge in [0.1, 0.15) is 17.4 Å². The number of nitrogens with one attached hydrogen (secondary N) is 2. The molecule has 0 aliphatic heterocycles. The summed E-state index contributed by atoms with van der Waals surface area (Å²) in [4.78, 5) is 24.8. The summed E-state index contributed by atoms with van der Waals surface area (Å²) in [6.07, 6.45) is 7.68. The van der Waals surface area contributed by atoms with Crippen LogP contribution in [0.25, 0.3) is 6.08 Å². The van der Waals surface area contributed by atoms with Crippen molar-refractivity contribution in [2.24, 2.45) is 0 Å². The Morgan fingerprint density at radius 1 is 1.19 bits per heavy atom. The highest BCUT2D eigenvalue weighted by Gasteiger charge is 2.20. The molecule has 3 rings (SSSR count). The number of benzene rings is 1. The summed E-state index contributed by atoms with van der Waals surface area (Å²) in [6.45, 7) is 4.08. The molecule has 168 valence electrons. The van der Waals surface area contributed by atoms with Gasteiger partial charge < -0.3 is 9.30 Å². The van der Waals surface area contributed by atoms with Crippen LogP contribution in [0.3, 0.4) is 0 Å². The van der Waals surface area contributed by atoms with E-state index in [9.17, 15) is 14.9 Å². The molecule has 0 saturated heterocycles. The number of nitriles is 1. The Kier molecular flexibility index (Phi) is 7.72. The van der Waals surface area contributed by atoms with Crippen molar-refractivity contribution in [1.82, 2.24) is 15.4 Å². The number of carbonyl (C=O) groups is 2. The van der Waals surface area contributed by atoms with Crippen LogP contribution in [-0.4, -0.2) is 23.5 Å². The molecular formula is C25H30N4O3. The number of hydrazine groups is 1. The smallest absolute Gasteiger partial charge is 0.280 e. The van der Waals surface area contributed by atoms with E-state index in [2.05, 4.69) is 22.3 Å². The molecule has 1 fully saturated rings. The number of nitrogens with zero attached hydrogens (tertiary/aromatic N) is 2. The molecule has 1 aromatic heterocycles. The van der Waals surface area contributed by atoms with E-state index in [4.69, 9.17) is 4.74 Å². The average Bonchev–Trinajstić information content (AvgIpc) is 3.09. The van der Waals surface area contributed by atoms with Gasteiger partial charge in [-0.2, -0.15) is 5.26 Å². The Balaban J connectivity index is 1.67. The summed E-state index contributed by atoms with van der Waals surface area (Å²) in [5, 5.41) is 9.53. The Morgan fingerprint density at radius 3 is 2.59 bits per heavy atom. The standard InChI is InChI=1S/C25H30N4O3/c1-17-13-20(18(2)29(17)22-10-5-4-6-11-22)14-21(16-26)25(31)28-27-24(30)15-19-9-7-8-12-23(19)32-3/h7-9,12-14,22H,4-6,10-11,15H2,1-3H3,(H,27,30)(H,28,31)/b21-14+. The highest BCUT2D eigenvalue weighted by Crippen LogP contribution is 2.32. The van der Waals surface area contributed by atoms with Crippen LogP contribution in [0.1, 0.15) is 60.7 Å². The first-order valence-electron chi connectivity index (χ1n) is 11.0. The van der Waals surface area contributed by atoms with Crippen LogP contribution in [0.5, 0.6) is 5.75 Å². The predicted molar refractivity (Wildman–Crippen MR) is 123 cm³/mol. The number of aromatic nitrogens is 1. The second kappa shape index (κ2) is 10.7. The molecule has 1 heterocycles. The van der Waals surface area contributed by atoms with Gasteiger partial charge in [-0.1, -0.05) is 37.5 Å². The van der Waals surface area contributed by atoms with Crippen LogP contribution in [0.2, 0.25) is 0 Å². The van der Waals surface area contributed by atoms with Gasteiger partial charge in [0.2, 0.25) is 5.91 Å². The molecule has 0 atom stereocenters. The largest absolute Gasteiger partial charge is 0.496 e. The van der Waals surface area contributed by atoms with Crippen molar-refractivity contribution in [1.29, 1.82) is 5.26 Å². The first kappa shape index (κ1) is 23.1. The van der Waals surface area contributed by atoms with Crippen molar-refractivity contribution in [3.8, 4) is 11.8 Å². The van der Waals surface area contributed by atoms with E-state index in [0.717, 1.165) is 29.8 Å². The summed E-state index contributed by atoms with van der Waals surface area (Å²) in [7, 11) is 1.54. The van der Waals surface area contributed by atoms with Gasteiger partial charge in [0.05, 0.1) is 13.5 Å². The minimum Gasteiger partial charge on any atom is -0.496 e. The predicted octanol–water partition coefficient (Wildman–Crippen LogP) is 3.92. The number of hydrogen-bond donors (Lipinski definition) is 2. The number of amides is 2. The Hall–Kier alpha value is -3.53. The fraction of sp³-hybridized carbons (Fsp3) is 0.400. The van der Waals surface area contributed by atoms with Crippen molar-refractivity contribution >= 4 is 17.9 Å². The maximum atomic E-state index is 12.5. The summed E-state index contributed by atoms with van der Waals surface area (Å²) >= 11 is 0. The second-order valence-corrected chi connectivity index (χ2v) is 8.15. The molecule has 0 bridgehead atoms. The third kappa shape index (κ3) is 5.38. The molecule has 7 nitrogen and oxygen atoms in total. The quantitative estimate of drug-likeness (QED) is 0.409. The van der Waals surface area contributed by atoms with Gasteiger partial charge in [0.15, 0.2) is 0 Å². The van der Waals surface area contributed by atoms with Gasteiger partial charge >= 0.3 is 0 Å². The third-order valence-electron chi connectivity index (χ3n) is 5.99. The Bertz CT molecular complexity index is 1060. The second-order valence-electron chi connectivity index (χ2n) is 8.15. The highest BCUT2D eigenvalue weighted by molar-refractivity contribution is 6.02. The van der Waals surface area contributed by atoms with Crippen LogP contribution >= 0.6 is 0 Å². The lowest BCUT2D eigenvalue weighted by Crippen LogP contribution is -2.42. The molecule has 2 amide bonds. The number of hydrogen-bond acceptors (Lipinski definition) is 4. The van der Waals surface area contributed by atoms with Crippen LogP contribution in [0.15, 0.2) is 35.9 Å². The molecule has 2 aromatic rings. The van der Waals surface area contributed by atoms with Crippen LogP contribution in [-0.2, 0) is 16.0 Å². The van der Waals surface area contributed by atoms with E-state index < -0.39 is 11.8 Å². The van der Waals surface area contributed by atoms with Crippen LogP contribution in [0.4, 0.5) is 0 Å². The molecule has 2 N–H and O–H groups in total. The summed E-state index contributed by atoms with van der Waals surface area (Å²) < 4.78 is 7.57. The summed E-state index contributed by atoms with van der Waals surface area (Å²) in [5.41, 5.74) is 8.38. The summed E-state index contributed by atoms with van der Waals surface area (Å²) in [6, 6.07) is 11.6. The monoisotopic (exact) mass is 434 g/mol. The van der Waals surface area contributed by atoms with E-state index in [1.54, 1.807) is 18.2 Å². The van der Waals surface area contributed by atoms with Gasteiger partial charge in [0.25, 0.3) is 5.91 Å². The average molecular weight is 435 g/mol. The van der Waals surface area contributed by atoms with E-state index in [1.807, 2.05) is 31.2 Å². The van der Waals surface area contributed by atoms with Gasteiger partial charge in [-0.05, 0) is 50.5 Å². The molecule has 0 unspecified atom stereocenters. The molecule has 7 heteroatoms. The number of methoxy groups -OCH3 is 1. The Labute approximate surface area is 189 Å². The lowest BCUT2D eigenvalue weighted by molar-refractivity contribution is -0.126. The van der Waals surface area contributed by atoms with Gasteiger partial charge in [0, 0.05) is 23.0 Å². The first-order valence-corrected chi connectivity index (χ1v) is 11.0. The van der Waals surface area contributed by atoms with E-state index >= 15 is 0 Å². The molecule has 0 radical (unpaired) electrons.